The number of aryl methyl sites for hydroxylation is 1. The Morgan fingerprint density at radius 3 is 3.23 bits per heavy atom. The monoisotopic (exact) mass is 179 g/mol. The van der Waals surface area contributed by atoms with Gasteiger partial charge in [-0.3, -0.25) is 0 Å². The van der Waals surface area contributed by atoms with Crippen LogP contribution in [-0.2, 0) is 12.8 Å². The van der Waals surface area contributed by atoms with Crippen LogP contribution in [0.4, 0.5) is 0 Å². The highest BCUT2D eigenvalue weighted by Gasteiger charge is 2.21. The van der Waals surface area contributed by atoms with Crippen molar-refractivity contribution in [3.8, 4) is 0 Å². The molecule has 72 valence electrons. The van der Waals surface area contributed by atoms with Crippen molar-refractivity contribution in [1.82, 2.24) is 0 Å². The fourth-order valence-corrected chi connectivity index (χ4v) is 2.22. The van der Waals surface area contributed by atoms with Crippen LogP contribution >= 0.6 is 0 Å². The first-order chi connectivity index (χ1) is 6.31. The molecule has 1 heterocycles. The van der Waals surface area contributed by atoms with Crippen LogP contribution in [0.5, 0.6) is 0 Å². The zero-order chi connectivity index (χ0) is 9.26. The molecule has 0 saturated carbocycles. The van der Waals surface area contributed by atoms with Crippen LogP contribution in [0.1, 0.15) is 29.7 Å². The lowest BCUT2D eigenvalue weighted by atomic mass is 9.85. The minimum atomic E-state index is 0.753. The Kier molecular flexibility index (Phi) is 2.40. The molecule has 0 amide bonds. The Balaban J connectivity index is 2.11. The van der Waals surface area contributed by atoms with Gasteiger partial charge in [-0.1, -0.05) is 0 Å². The lowest BCUT2D eigenvalue weighted by Crippen LogP contribution is -2.16. The van der Waals surface area contributed by atoms with Crippen LogP contribution in [0.25, 0.3) is 0 Å². The van der Waals surface area contributed by atoms with Crippen molar-refractivity contribution in [2.75, 3.05) is 6.54 Å². The van der Waals surface area contributed by atoms with E-state index in [-0.39, 0.29) is 0 Å². The normalized spacial score (nSPS) is 21.5. The van der Waals surface area contributed by atoms with Gasteiger partial charge >= 0.3 is 0 Å². The Morgan fingerprint density at radius 1 is 1.62 bits per heavy atom. The molecular formula is C11H17NO. The van der Waals surface area contributed by atoms with Gasteiger partial charge in [-0.15, -0.1) is 0 Å². The van der Waals surface area contributed by atoms with E-state index in [1.807, 2.05) is 6.26 Å². The molecule has 0 radical (unpaired) electrons. The lowest BCUT2D eigenvalue weighted by Gasteiger charge is -2.20. The Labute approximate surface area is 79.1 Å². The van der Waals surface area contributed by atoms with E-state index in [9.17, 15) is 0 Å². The zero-order valence-corrected chi connectivity index (χ0v) is 8.18. The fourth-order valence-electron chi connectivity index (χ4n) is 2.22. The molecule has 1 aromatic heterocycles. The van der Waals surface area contributed by atoms with Crippen LogP contribution in [0.2, 0.25) is 0 Å². The van der Waals surface area contributed by atoms with E-state index >= 15 is 0 Å². The zero-order valence-electron chi connectivity index (χ0n) is 8.18. The summed E-state index contributed by atoms with van der Waals surface area (Å²) in [4.78, 5) is 0. The summed E-state index contributed by atoms with van der Waals surface area (Å²) >= 11 is 0. The molecule has 1 aromatic rings. The summed E-state index contributed by atoms with van der Waals surface area (Å²) in [5, 5.41) is 0. The first-order valence-corrected chi connectivity index (χ1v) is 5.07. The van der Waals surface area contributed by atoms with Gasteiger partial charge in [-0.2, -0.15) is 0 Å². The molecule has 0 bridgehead atoms. The highest BCUT2D eigenvalue weighted by atomic mass is 16.3. The van der Waals surface area contributed by atoms with Crippen molar-refractivity contribution in [3.05, 3.63) is 23.2 Å². The summed E-state index contributed by atoms with van der Waals surface area (Å²) < 4.78 is 5.52. The van der Waals surface area contributed by atoms with Gasteiger partial charge in [0.2, 0.25) is 0 Å². The van der Waals surface area contributed by atoms with E-state index in [2.05, 4.69) is 6.92 Å². The predicted molar refractivity (Wildman–Crippen MR) is 52.6 cm³/mol. The predicted octanol–water partition coefficient (Wildman–Crippen LogP) is 2.04. The van der Waals surface area contributed by atoms with E-state index in [0.717, 1.165) is 25.3 Å². The first-order valence-electron chi connectivity index (χ1n) is 5.07. The van der Waals surface area contributed by atoms with Crippen LogP contribution in [0.15, 0.2) is 10.7 Å². The molecule has 1 aliphatic carbocycles. The number of hydrogen-bond acceptors (Lipinski definition) is 2. The third-order valence-corrected chi connectivity index (χ3v) is 3.04. The molecule has 2 nitrogen and oxygen atoms in total. The van der Waals surface area contributed by atoms with E-state index in [1.54, 1.807) is 0 Å². The molecule has 1 aliphatic rings. The molecule has 0 aliphatic heterocycles. The minimum absolute atomic E-state index is 0.753. The molecule has 0 saturated heterocycles. The molecular weight excluding hydrogens is 162 g/mol. The first kappa shape index (κ1) is 8.82. The summed E-state index contributed by atoms with van der Waals surface area (Å²) in [5.41, 5.74) is 8.33. The number of nitrogens with two attached hydrogens (primary N) is 1. The molecule has 2 N–H and O–H groups in total. The van der Waals surface area contributed by atoms with Crippen molar-refractivity contribution >= 4 is 0 Å². The summed E-state index contributed by atoms with van der Waals surface area (Å²) in [6, 6.07) is 0. The van der Waals surface area contributed by atoms with E-state index in [1.165, 1.54) is 29.7 Å². The van der Waals surface area contributed by atoms with Gasteiger partial charge in [-0.25, -0.2) is 0 Å². The number of fused-ring (bicyclic) bond motifs is 1. The second kappa shape index (κ2) is 3.54. The quantitative estimate of drug-likeness (QED) is 0.754. The SMILES string of the molecule is Cc1coc2c1CCC(CCN)C2. The second-order valence-electron chi connectivity index (χ2n) is 4.01. The lowest BCUT2D eigenvalue weighted by molar-refractivity contribution is 0.376. The van der Waals surface area contributed by atoms with Crippen LogP contribution in [0.3, 0.4) is 0 Å². The number of rotatable bonds is 2. The molecule has 0 fully saturated rings. The third-order valence-electron chi connectivity index (χ3n) is 3.04. The van der Waals surface area contributed by atoms with Crippen LogP contribution in [-0.4, -0.2) is 6.54 Å². The van der Waals surface area contributed by atoms with Crippen molar-refractivity contribution in [1.29, 1.82) is 0 Å². The smallest absolute Gasteiger partial charge is 0.107 e. The van der Waals surface area contributed by atoms with Crippen molar-refractivity contribution in [3.63, 3.8) is 0 Å². The highest BCUT2D eigenvalue weighted by molar-refractivity contribution is 5.29. The summed E-state index contributed by atoms with van der Waals surface area (Å²) in [5.74, 6) is 1.96. The van der Waals surface area contributed by atoms with Gasteiger partial charge in [0.15, 0.2) is 0 Å². The maximum Gasteiger partial charge on any atom is 0.107 e. The molecule has 0 aromatic carbocycles. The highest BCUT2D eigenvalue weighted by Crippen LogP contribution is 2.30. The molecule has 0 spiro atoms. The summed E-state index contributed by atoms with van der Waals surface area (Å²) in [6.45, 7) is 2.94. The minimum Gasteiger partial charge on any atom is -0.469 e. The van der Waals surface area contributed by atoms with Gasteiger partial charge in [0.25, 0.3) is 0 Å². The summed E-state index contributed by atoms with van der Waals surface area (Å²) in [7, 11) is 0. The van der Waals surface area contributed by atoms with Crippen molar-refractivity contribution in [2.24, 2.45) is 11.7 Å². The topological polar surface area (TPSA) is 39.2 Å². The Morgan fingerprint density at radius 2 is 2.46 bits per heavy atom. The average molecular weight is 179 g/mol. The largest absolute Gasteiger partial charge is 0.469 e. The maximum atomic E-state index is 5.55. The molecule has 1 atom stereocenters. The van der Waals surface area contributed by atoms with Crippen LogP contribution < -0.4 is 5.73 Å². The summed E-state index contributed by atoms with van der Waals surface area (Å²) in [6.07, 6.45) is 6.59. The third kappa shape index (κ3) is 1.63. The van der Waals surface area contributed by atoms with Gasteiger partial charge in [0.05, 0.1) is 6.26 Å². The second-order valence-corrected chi connectivity index (χ2v) is 4.01. The number of hydrogen-bond donors (Lipinski definition) is 1. The molecule has 2 rings (SSSR count). The Bertz CT molecular complexity index is 290. The van der Waals surface area contributed by atoms with Crippen molar-refractivity contribution in [2.45, 2.75) is 32.6 Å². The van der Waals surface area contributed by atoms with E-state index in [4.69, 9.17) is 10.2 Å². The molecule has 1 unspecified atom stereocenters. The fraction of sp³-hybridized carbons (Fsp3) is 0.636. The van der Waals surface area contributed by atoms with Gasteiger partial charge in [-0.05, 0) is 49.8 Å². The van der Waals surface area contributed by atoms with E-state index < -0.39 is 0 Å². The van der Waals surface area contributed by atoms with E-state index in [0.29, 0.717) is 0 Å². The maximum absolute atomic E-state index is 5.55. The van der Waals surface area contributed by atoms with Gasteiger partial charge in [0.1, 0.15) is 5.76 Å². The average Bonchev–Trinajstić information content (AvgIpc) is 2.48. The van der Waals surface area contributed by atoms with Gasteiger partial charge in [0, 0.05) is 6.42 Å². The van der Waals surface area contributed by atoms with Crippen molar-refractivity contribution < 1.29 is 4.42 Å². The standard InChI is InChI=1S/C11H17NO/c1-8-7-13-11-6-9(4-5-12)2-3-10(8)11/h7,9H,2-6,12H2,1H3. The molecule has 13 heavy (non-hydrogen) atoms. The van der Waals surface area contributed by atoms with Crippen LogP contribution in [0, 0.1) is 12.8 Å². The van der Waals surface area contributed by atoms with Gasteiger partial charge < -0.3 is 10.2 Å². The Hall–Kier alpha value is -0.760. The number of furan rings is 1. The molecule has 2 heteroatoms.